The van der Waals surface area contributed by atoms with E-state index in [2.05, 4.69) is 5.10 Å². The first-order valence-electron chi connectivity index (χ1n) is 6.78. The van der Waals surface area contributed by atoms with Crippen molar-refractivity contribution in [3.8, 4) is 11.5 Å². The van der Waals surface area contributed by atoms with Crippen molar-refractivity contribution >= 4 is 17.6 Å². The van der Waals surface area contributed by atoms with Crippen LogP contribution in [-0.2, 0) is 4.79 Å². The molecule has 2 aromatic heterocycles. The van der Waals surface area contributed by atoms with Gasteiger partial charge in [0, 0.05) is 23.0 Å². The van der Waals surface area contributed by atoms with Crippen molar-refractivity contribution < 1.29 is 9.90 Å². The van der Waals surface area contributed by atoms with Crippen LogP contribution in [0.4, 0.5) is 0 Å². The molecule has 1 unspecified atom stereocenters. The molecule has 2 heterocycles. The quantitative estimate of drug-likeness (QED) is 0.801. The number of carboxylic acid groups (broad SMARTS) is 1. The molecule has 3 rings (SSSR count). The van der Waals surface area contributed by atoms with Crippen molar-refractivity contribution in [3.63, 3.8) is 0 Å². The fraction of sp³-hybridized carbons (Fsp3) is 0.125. The van der Waals surface area contributed by atoms with Crippen LogP contribution in [0.15, 0.2) is 55.0 Å². The third-order valence-electron chi connectivity index (χ3n) is 3.53. The van der Waals surface area contributed by atoms with E-state index >= 15 is 0 Å². The highest BCUT2D eigenvalue weighted by atomic mass is 35.5. The monoisotopic (exact) mass is 315 g/mol. The fourth-order valence-electron chi connectivity index (χ4n) is 2.30. The van der Waals surface area contributed by atoms with Crippen LogP contribution in [0.5, 0.6) is 0 Å². The molecule has 6 heteroatoms. The van der Waals surface area contributed by atoms with Crippen LogP contribution in [0.3, 0.4) is 0 Å². The Bertz CT molecular complexity index is 791. The van der Waals surface area contributed by atoms with Crippen molar-refractivity contribution in [2.24, 2.45) is 0 Å². The van der Waals surface area contributed by atoms with Crippen molar-refractivity contribution in [2.45, 2.75) is 12.8 Å². The standard InChI is InChI=1S/C16H14ClN3O2/c1-11(16(21)22)14-10-18-20(13-6-4-12(17)5-7-13)15(14)19-8-2-3-9-19/h2-11H,1H3,(H,21,22). The van der Waals surface area contributed by atoms with Gasteiger partial charge in [-0.05, 0) is 43.3 Å². The summed E-state index contributed by atoms with van der Waals surface area (Å²) in [6, 6.07) is 11.0. The second-order valence-corrected chi connectivity index (χ2v) is 5.40. The summed E-state index contributed by atoms with van der Waals surface area (Å²) < 4.78 is 3.57. The third kappa shape index (κ3) is 2.51. The van der Waals surface area contributed by atoms with Gasteiger partial charge in [0.2, 0.25) is 0 Å². The van der Waals surface area contributed by atoms with E-state index in [1.54, 1.807) is 29.9 Å². The summed E-state index contributed by atoms with van der Waals surface area (Å²) in [5.74, 6) is -0.829. The molecule has 22 heavy (non-hydrogen) atoms. The first kappa shape index (κ1) is 14.4. The highest BCUT2D eigenvalue weighted by Crippen LogP contribution is 2.26. The number of aliphatic carboxylic acids is 1. The summed E-state index contributed by atoms with van der Waals surface area (Å²) in [4.78, 5) is 11.3. The molecule has 1 N–H and O–H groups in total. The number of nitrogens with zero attached hydrogens (tertiary/aromatic N) is 3. The predicted molar refractivity (Wildman–Crippen MR) is 84.0 cm³/mol. The Morgan fingerprint density at radius 2 is 1.86 bits per heavy atom. The second kappa shape index (κ2) is 5.69. The molecule has 0 radical (unpaired) electrons. The lowest BCUT2D eigenvalue weighted by Gasteiger charge is -2.13. The summed E-state index contributed by atoms with van der Waals surface area (Å²) in [6.07, 6.45) is 5.33. The van der Waals surface area contributed by atoms with E-state index in [9.17, 15) is 9.90 Å². The number of carboxylic acids is 1. The molecule has 0 saturated heterocycles. The number of aromatic nitrogens is 3. The van der Waals surface area contributed by atoms with Crippen LogP contribution < -0.4 is 0 Å². The Hall–Kier alpha value is -2.53. The number of hydrogen-bond acceptors (Lipinski definition) is 2. The van der Waals surface area contributed by atoms with Gasteiger partial charge in [-0.3, -0.25) is 4.79 Å². The van der Waals surface area contributed by atoms with Crippen molar-refractivity contribution in [1.29, 1.82) is 0 Å². The first-order chi connectivity index (χ1) is 10.6. The molecule has 3 aromatic rings. The zero-order valence-corrected chi connectivity index (χ0v) is 12.6. The molecular formula is C16H14ClN3O2. The van der Waals surface area contributed by atoms with E-state index in [1.165, 1.54) is 0 Å². The lowest BCUT2D eigenvalue weighted by Crippen LogP contribution is -2.12. The Kier molecular flexibility index (Phi) is 3.73. The van der Waals surface area contributed by atoms with Gasteiger partial charge in [0.1, 0.15) is 5.82 Å². The third-order valence-corrected chi connectivity index (χ3v) is 3.78. The smallest absolute Gasteiger partial charge is 0.310 e. The average molecular weight is 316 g/mol. The molecule has 1 aromatic carbocycles. The summed E-state index contributed by atoms with van der Waals surface area (Å²) >= 11 is 5.92. The van der Waals surface area contributed by atoms with Gasteiger partial charge in [-0.2, -0.15) is 5.10 Å². The summed E-state index contributed by atoms with van der Waals surface area (Å²) in [5.41, 5.74) is 1.47. The number of benzene rings is 1. The molecular weight excluding hydrogens is 302 g/mol. The number of rotatable bonds is 4. The molecule has 0 bridgehead atoms. The average Bonchev–Trinajstić information content (AvgIpc) is 3.15. The molecule has 1 atom stereocenters. The van der Waals surface area contributed by atoms with Gasteiger partial charge in [-0.25, -0.2) is 4.68 Å². The molecule has 0 saturated carbocycles. The molecule has 0 fully saturated rings. The maximum absolute atomic E-state index is 11.3. The van der Waals surface area contributed by atoms with Crippen molar-refractivity contribution in [2.75, 3.05) is 0 Å². The second-order valence-electron chi connectivity index (χ2n) is 4.96. The molecule has 5 nitrogen and oxygen atoms in total. The maximum Gasteiger partial charge on any atom is 0.310 e. The number of halogens is 1. The van der Waals surface area contributed by atoms with Gasteiger partial charge in [0.15, 0.2) is 0 Å². The Balaban J connectivity index is 2.19. The minimum Gasteiger partial charge on any atom is -0.481 e. The molecule has 0 aliphatic carbocycles. The van der Waals surface area contributed by atoms with Gasteiger partial charge in [0.05, 0.1) is 17.8 Å². The SMILES string of the molecule is CC(C(=O)O)c1cnn(-c2ccc(Cl)cc2)c1-n1cccc1. The van der Waals surface area contributed by atoms with Crippen LogP contribution in [-0.4, -0.2) is 25.4 Å². The molecule has 0 aliphatic rings. The van der Waals surface area contributed by atoms with Crippen LogP contribution in [0.2, 0.25) is 5.02 Å². The Morgan fingerprint density at radius 1 is 1.23 bits per heavy atom. The van der Waals surface area contributed by atoms with Crippen molar-refractivity contribution in [3.05, 3.63) is 65.6 Å². The highest BCUT2D eigenvalue weighted by molar-refractivity contribution is 6.30. The largest absolute Gasteiger partial charge is 0.481 e. The van der Waals surface area contributed by atoms with Gasteiger partial charge in [-0.1, -0.05) is 11.6 Å². The summed E-state index contributed by atoms with van der Waals surface area (Å²) in [7, 11) is 0. The highest BCUT2D eigenvalue weighted by Gasteiger charge is 2.23. The zero-order valence-electron chi connectivity index (χ0n) is 11.8. The topological polar surface area (TPSA) is 60.0 Å². The Morgan fingerprint density at radius 3 is 2.45 bits per heavy atom. The predicted octanol–water partition coefficient (Wildman–Crippen LogP) is 3.50. The maximum atomic E-state index is 11.3. The molecule has 0 aliphatic heterocycles. The van der Waals surface area contributed by atoms with Crippen LogP contribution >= 0.6 is 11.6 Å². The van der Waals surface area contributed by atoms with Gasteiger partial charge in [0.25, 0.3) is 0 Å². The van der Waals surface area contributed by atoms with E-state index in [0.29, 0.717) is 16.4 Å². The molecule has 112 valence electrons. The lowest BCUT2D eigenvalue weighted by molar-refractivity contribution is -0.138. The molecule has 0 amide bonds. The summed E-state index contributed by atoms with van der Waals surface area (Å²) in [6.45, 7) is 1.65. The van der Waals surface area contributed by atoms with Crippen molar-refractivity contribution in [1.82, 2.24) is 14.3 Å². The zero-order chi connectivity index (χ0) is 15.7. The number of carbonyl (C=O) groups is 1. The van der Waals surface area contributed by atoms with E-state index in [1.807, 2.05) is 41.2 Å². The summed E-state index contributed by atoms with van der Waals surface area (Å²) in [5, 5.41) is 14.3. The fourth-order valence-corrected chi connectivity index (χ4v) is 2.42. The minimum absolute atomic E-state index is 0.637. The normalized spacial score (nSPS) is 12.3. The molecule has 0 spiro atoms. The lowest BCUT2D eigenvalue weighted by atomic mass is 10.0. The Labute approximate surface area is 132 Å². The van der Waals surface area contributed by atoms with Gasteiger partial charge < -0.3 is 9.67 Å². The number of hydrogen-bond donors (Lipinski definition) is 1. The van der Waals surface area contributed by atoms with Gasteiger partial charge in [-0.15, -0.1) is 0 Å². The van der Waals surface area contributed by atoms with Crippen LogP contribution in [0, 0.1) is 0 Å². The van der Waals surface area contributed by atoms with E-state index in [4.69, 9.17) is 11.6 Å². The van der Waals surface area contributed by atoms with E-state index in [0.717, 1.165) is 5.69 Å². The minimum atomic E-state index is -0.885. The van der Waals surface area contributed by atoms with E-state index < -0.39 is 11.9 Å². The van der Waals surface area contributed by atoms with Crippen LogP contribution in [0.25, 0.3) is 11.5 Å². The first-order valence-corrected chi connectivity index (χ1v) is 7.15. The van der Waals surface area contributed by atoms with Gasteiger partial charge >= 0.3 is 5.97 Å². The van der Waals surface area contributed by atoms with Crippen LogP contribution in [0.1, 0.15) is 18.4 Å². The van der Waals surface area contributed by atoms with E-state index in [-0.39, 0.29) is 0 Å².